The molecular weight excluding hydrogens is 376 g/mol. The van der Waals surface area contributed by atoms with Gasteiger partial charge in [0.05, 0.1) is 11.5 Å². The van der Waals surface area contributed by atoms with Gasteiger partial charge in [-0.15, -0.1) is 0 Å². The molecule has 2 saturated heterocycles. The average Bonchev–Trinajstić information content (AvgIpc) is 3.00. The van der Waals surface area contributed by atoms with Crippen LogP contribution in [0, 0.1) is 5.92 Å². The van der Waals surface area contributed by atoms with Crippen LogP contribution in [-0.2, 0) is 14.6 Å². The van der Waals surface area contributed by atoms with Crippen LogP contribution in [0.15, 0.2) is 24.3 Å². The lowest BCUT2D eigenvalue weighted by Crippen LogP contribution is -2.46. The van der Waals surface area contributed by atoms with Gasteiger partial charge in [0.15, 0.2) is 9.84 Å². The number of likely N-dealkylation sites (tertiary alicyclic amines) is 1. The summed E-state index contributed by atoms with van der Waals surface area (Å²) in [5.41, 5.74) is 0.551. The molecule has 2 aliphatic heterocycles. The lowest BCUT2D eigenvalue weighted by molar-refractivity contribution is -0.137. The number of hydrogen-bond acceptors (Lipinski definition) is 4. The summed E-state index contributed by atoms with van der Waals surface area (Å²) >= 11 is 5.95. The predicted octanol–water partition coefficient (Wildman–Crippen LogP) is 1.84. The van der Waals surface area contributed by atoms with Crippen LogP contribution in [0.1, 0.15) is 29.6 Å². The molecule has 2 fully saturated rings. The second-order valence-electron chi connectivity index (χ2n) is 7.08. The first kappa shape index (κ1) is 19.2. The van der Waals surface area contributed by atoms with E-state index in [1.54, 1.807) is 41.1 Å². The molecule has 0 radical (unpaired) electrons. The van der Waals surface area contributed by atoms with E-state index in [0.717, 1.165) is 0 Å². The van der Waals surface area contributed by atoms with Gasteiger partial charge in [0.25, 0.3) is 5.91 Å². The van der Waals surface area contributed by atoms with Gasteiger partial charge in [-0.1, -0.05) is 17.7 Å². The van der Waals surface area contributed by atoms with E-state index in [1.807, 2.05) is 0 Å². The van der Waals surface area contributed by atoms with Gasteiger partial charge < -0.3 is 9.80 Å². The Morgan fingerprint density at radius 3 is 2.46 bits per heavy atom. The molecule has 142 valence electrons. The van der Waals surface area contributed by atoms with Gasteiger partial charge in [-0.25, -0.2) is 8.42 Å². The molecule has 26 heavy (non-hydrogen) atoms. The molecule has 1 aromatic carbocycles. The summed E-state index contributed by atoms with van der Waals surface area (Å²) in [6.07, 6.45) is 1.70. The standard InChI is InChI=1S/C18H23ClN2O4S/c1-20(16-7-10-26(24,25)12-16)17(22)13-5-8-21(9-6-13)18(23)14-3-2-4-15(19)11-14/h2-4,11,13,16H,5-10,12H2,1H3. The zero-order valence-corrected chi connectivity index (χ0v) is 16.3. The molecule has 1 atom stereocenters. The van der Waals surface area contributed by atoms with Gasteiger partial charge in [0.1, 0.15) is 0 Å². The third kappa shape index (κ3) is 4.20. The number of nitrogens with zero attached hydrogens (tertiary/aromatic N) is 2. The van der Waals surface area contributed by atoms with E-state index >= 15 is 0 Å². The minimum Gasteiger partial charge on any atom is -0.341 e. The Morgan fingerprint density at radius 1 is 1.19 bits per heavy atom. The molecule has 2 heterocycles. The third-order valence-corrected chi connectivity index (χ3v) is 7.29. The number of amides is 2. The summed E-state index contributed by atoms with van der Waals surface area (Å²) in [6, 6.07) is 6.63. The lowest BCUT2D eigenvalue weighted by atomic mass is 9.94. The Morgan fingerprint density at radius 2 is 1.88 bits per heavy atom. The van der Waals surface area contributed by atoms with Crippen molar-refractivity contribution in [2.24, 2.45) is 5.92 Å². The molecule has 0 aliphatic carbocycles. The van der Waals surface area contributed by atoms with E-state index in [9.17, 15) is 18.0 Å². The molecule has 3 rings (SSSR count). The van der Waals surface area contributed by atoms with E-state index in [1.165, 1.54) is 0 Å². The summed E-state index contributed by atoms with van der Waals surface area (Å²) in [5.74, 6) is -0.0363. The highest BCUT2D eigenvalue weighted by Gasteiger charge is 2.36. The molecule has 1 unspecified atom stereocenters. The Kier molecular flexibility index (Phi) is 5.58. The molecule has 0 aromatic heterocycles. The first-order valence-corrected chi connectivity index (χ1v) is 11.0. The summed E-state index contributed by atoms with van der Waals surface area (Å²) in [4.78, 5) is 28.6. The van der Waals surface area contributed by atoms with Crippen LogP contribution in [0.4, 0.5) is 0 Å². The van der Waals surface area contributed by atoms with Gasteiger partial charge in [0, 0.05) is 42.7 Å². The normalized spacial score (nSPS) is 23.0. The third-order valence-electron chi connectivity index (χ3n) is 5.31. The Balaban J connectivity index is 1.56. The second kappa shape index (κ2) is 7.56. The molecule has 2 aliphatic rings. The highest BCUT2D eigenvalue weighted by molar-refractivity contribution is 7.91. The number of sulfone groups is 1. The van der Waals surface area contributed by atoms with Crippen LogP contribution in [0.3, 0.4) is 0 Å². The summed E-state index contributed by atoms with van der Waals surface area (Å²) < 4.78 is 23.3. The van der Waals surface area contributed by atoms with Crippen LogP contribution in [0.5, 0.6) is 0 Å². The Bertz CT molecular complexity index is 803. The maximum absolute atomic E-state index is 12.7. The molecule has 6 nitrogen and oxygen atoms in total. The fourth-order valence-electron chi connectivity index (χ4n) is 3.68. The highest BCUT2D eigenvalue weighted by atomic mass is 35.5. The predicted molar refractivity (Wildman–Crippen MR) is 99.9 cm³/mol. The first-order chi connectivity index (χ1) is 12.3. The zero-order chi connectivity index (χ0) is 18.9. The van der Waals surface area contributed by atoms with Crippen molar-refractivity contribution in [3.05, 3.63) is 34.9 Å². The molecule has 0 saturated carbocycles. The number of hydrogen-bond donors (Lipinski definition) is 0. The van der Waals surface area contributed by atoms with Crippen LogP contribution in [-0.4, -0.2) is 67.7 Å². The molecule has 0 bridgehead atoms. The maximum Gasteiger partial charge on any atom is 0.253 e. The van der Waals surface area contributed by atoms with Crippen molar-refractivity contribution in [3.63, 3.8) is 0 Å². The Labute approximate surface area is 159 Å². The number of halogens is 1. The van der Waals surface area contributed by atoms with Gasteiger partial charge >= 0.3 is 0 Å². The summed E-state index contributed by atoms with van der Waals surface area (Å²) in [6.45, 7) is 1.02. The fraction of sp³-hybridized carbons (Fsp3) is 0.556. The molecular formula is C18H23ClN2O4S. The van der Waals surface area contributed by atoms with Crippen molar-refractivity contribution >= 4 is 33.3 Å². The molecule has 0 spiro atoms. The maximum atomic E-state index is 12.7. The number of carbonyl (C=O) groups is 2. The van der Waals surface area contributed by atoms with Crippen molar-refractivity contribution in [1.82, 2.24) is 9.80 Å². The van der Waals surface area contributed by atoms with Crippen molar-refractivity contribution in [2.75, 3.05) is 31.6 Å². The van der Waals surface area contributed by atoms with Crippen molar-refractivity contribution in [3.8, 4) is 0 Å². The van der Waals surface area contributed by atoms with E-state index < -0.39 is 9.84 Å². The van der Waals surface area contributed by atoms with Gasteiger partial charge in [-0.05, 0) is 37.5 Å². The number of rotatable bonds is 3. The quantitative estimate of drug-likeness (QED) is 0.778. The van der Waals surface area contributed by atoms with Crippen LogP contribution in [0.2, 0.25) is 5.02 Å². The smallest absolute Gasteiger partial charge is 0.253 e. The Hall–Kier alpha value is -1.60. The van der Waals surface area contributed by atoms with Crippen LogP contribution < -0.4 is 0 Å². The largest absolute Gasteiger partial charge is 0.341 e. The average molecular weight is 399 g/mol. The van der Waals surface area contributed by atoms with Crippen molar-refractivity contribution in [1.29, 1.82) is 0 Å². The first-order valence-electron chi connectivity index (χ1n) is 8.79. The monoisotopic (exact) mass is 398 g/mol. The van der Waals surface area contributed by atoms with Gasteiger partial charge in [0.2, 0.25) is 5.91 Å². The second-order valence-corrected chi connectivity index (χ2v) is 9.75. The molecule has 0 N–H and O–H groups in total. The van der Waals surface area contributed by atoms with Gasteiger partial charge in [-0.2, -0.15) is 0 Å². The minimum atomic E-state index is -3.02. The number of piperidine rings is 1. The van der Waals surface area contributed by atoms with Gasteiger partial charge in [-0.3, -0.25) is 9.59 Å². The molecule has 1 aromatic rings. The van der Waals surface area contributed by atoms with E-state index in [0.29, 0.717) is 42.9 Å². The topological polar surface area (TPSA) is 74.8 Å². The lowest BCUT2D eigenvalue weighted by Gasteiger charge is -2.34. The number of carbonyl (C=O) groups excluding carboxylic acids is 2. The zero-order valence-electron chi connectivity index (χ0n) is 14.7. The molecule has 2 amide bonds. The number of benzene rings is 1. The summed E-state index contributed by atoms with van der Waals surface area (Å²) in [7, 11) is -1.32. The SMILES string of the molecule is CN(C(=O)C1CCN(C(=O)c2cccc(Cl)c2)CC1)C1CCS(=O)(=O)C1. The minimum absolute atomic E-state index is 0.0121. The van der Waals surface area contributed by atoms with Crippen LogP contribution in [0.25, 0.3) is 0 Å². The molecule has 8 heteroatoms. The van der Waals surface area contributed by atoms with E-state index in [-0.39, 0.29) is 35.3 Å². The fourth-order valence-corrected chi connectivity index (χ4v) is 5.65. The van der Waals surface area contributed by atoms with Crippen molar-refractivity contribution < 1.29 is 18.0 Å². The van der Waals surface area contributed by atoms with E-state index in [2.05, 4.69) is 0 Å². The highest BCUT2D eigenvalue weighted by Crippen LogP contribution is 2.24. The van der Waals surface area contributed by atoms with Crippen molar-refractivity contribution in [2.45, 2.75) is 25.3 Å². The van der Waals surface area contributed by atoms with Crippen LogP contribution >= 0.6 is 11.6 Å². The van der Waals surface area contributed by atoms with E-state index in [4.69, 9.17) is 11.6 Å². The summed E-state index contributed by atoms with van der Waals surface area (Å²) in [5, 5.41) is 0.522.